The van der Waals surface area contributed by atoms with Crippen LogP contribution in [0.4, 0.5) is 4.79 Å². The van der Waals surface area contributed by atoms with Crippen molar-refractivity contribution >= 4 is 18.3 Å². The second kappa shape index (κ2) is 11.3. The molecule has 4 rings (SSSR count). The summed E-state index contributed by atoms with van der Waals surface area (Å²) in [6.45, 7) is 2.94. The second-order valence-electron chi connectivity index (χ2n) is 9.70. The van der Waals surface area contributed by atoms with Crippen molar-refractivity contribution in [1.82, 2.24) is 9.80 Å². The molecule has 2 heterocycles. The maximum absolute atomic E-state index is 13.1. The van der Waals surface area contributed by atoms with Crippen molar-refractivity contribution in [3.63, 3.8) is 0 Å². The van der Waals surface area contributed by atoms with Crippen LogP contribution in [-0.4, -0.2) is 59.4 Å². The Morgan fingerprint density at radius 2 is 1.38 bits per heavy atom. The van der Waals surface area contributed by atoms with E-state index in [0.717, 1.165) is 56.2 Å². The van der Waals surface area contributed by atoms with Gasteiger partial charge in [-0.2, -0.15) is 0 Å². The zero-order valence-electron chi connectivity index (χ0n) is 19.7. The number of carbonyl (C=O) groups excluding carboxylic acids is 2. The summed E-state index contributed by atoms with van der Waals surface area (Å²) in [5.41, 5.74) is 3.20. The fraction of sp³-hybridized carbons (Fsp3) is 0.464. The van der Waals surface area contributed by atoms with Gasteiger partial charge in [-0.05, 0) is 66.8 Å². The first-order valence-electron chi connectivity index (χ1n) is 12.5. The van der Waals surface area contributed by atoms with Crippen LogP contribution in [0.1, 0.15) is 65.7 Å². The number of likely N-dealkylation sites (tertiary alicyclic amines) is 2. The van der Waals surface area contributed by atoms with Gasteiger partial charge >= 0.3 is 6.09 Å². The Bertz CT molecular complexity index is 1000. The Hall–Kier alpha value is -3.15. The Morgan fingerprint density at radius 3 is 1.97 bits per heavy atom. The molecule has 0 aromatic heterocycles. The number of rotatable bonds is 7. The Morgan fingerprint density at radius 1 is 0.824 bits per heavy atom. The van der Waals surface area contributed by atoms with E-state index in [0.29, 0.717) is 36.1 Å². The lowest BCUT2D eigenvalue weighted by atomic mass is 9.87. The molecule has 2 amide bonds. The highest BCUT2D eigenvalue weighted by Gasteiger charge is 2.25. The average Bonchev–Trinajstić information content (AvgIpc) is 2.89. The summed E-state index contributed by atoms with van der Waals surface area (Å²) < 4.78 is 0. The molecule has 0 bridgehead atoms. The molecule has 0 aliphatic carbocycles. The molecule has 2 aliphatic heterocycles. The summed E-state index contributed by atoms with van der Waals surface area (Å²) in [5, 5.41) is 9.08. The van der Waals surface area contributed by atoms with Crippen LogP contribution in [0.15, 0.2) is 48.5 Å². The third kappa shape index (κ3) is 6.04. The first-order chi connectivity index (χ1) is 16.5. The van der Waals surface area contributed by atoms with Crippen molar-refractivity contribution in [2.75, 3.05) is 26.2 Å². The van der Waals surface area contributed by atoms with Crippen LogP contribution in [0.25, 0.3) is 11.1 Å². The van der Waals surface area contributed by atoms with Gasteiger partial charge in [0, 0.05) is 37.3 Å². The summed E-state index contributed by atoms with van der Waals surface area (Å²) >= 11 is 0. The van der Waals surface area contributed by atoms with E-state index in [1.807, 2.05) is 47.4 Å². The van der Waals surface area contributed by atoms with Crippen molar-refractivity contribution in [2.45, 2.75) is 44.9 Å². The number of carboxylic acid groups (broad SMARTS) is 1. The molecule has 6 heteroatoms. The van der Waals surface area contributed by atoms with Gasteiger partial charge in [0.25, 0.3) is 5.91 Å². The van der Waals surface area contributed by atoms with Gasteiger partial charge in [0.2, 0.25) is 0 Å². The van der Waals surface area contributed by atoms with Crippen LogP contribution < -0.4 is 0 Å². The Labute approximate surface area is 201 Å². The quantitative estimate of drug-likeness (QED) is 0.545. The molecular weight excluding hydrogens is 428 g/mol. The number of hydrogen-bond acceptors (Lipinski definition) is 3. The standard InChI is InChI=1S/C28H34N2O4/c31-20-23-6-2-7-24(18-23)25-8-3-9-26(19-25)27(32)29-14-10-21(11-15-29)4-1-5-22-12-16-30(17-13-22)28(33)34/h2-3,6-9,18-22H,1,4-5,10-17H2,(H,33,34). The minimum atomic E-state index is -0.793. The molecule has 2 aromatic carbocycles. The molecule has 0 atom stereocenters. The number of hydrogen-bond donors (Lipinski definition) is 1. The lowest BCUT2D eigenvalue weighted by Gasteiger charge is -2.33. The fourth-order valence-electron chi connectivity index (χ4n) is 5.34. The molecule has 180 valence electrons. The van der Waals surface area contributed by atoms with Crippen molar-refractivity contribution in [1.29, 1.82) is 0 Å². The molecule has 1 N–H and O–H groups in total. The van der Waals surface area contributed by atoms with Crippen LogP contribution in [0.2, 0.25) is 0 Å². The smallest absolute Gasteiger partial charge is 0.407 e. The molecule has 0 radical (unpaired) electrons. The molecule has 34 heavy (non-hydrogen) atoms. The number of amides is 2. The van der Waals surface area contributed by atoms with E-state index >= 15 is 0 Å². The number of aldehydes is 1. The SMILES string of the molecule is O=Cc1cccc(-c2cccc(C(=O)N3CCC(CCCC4CCN(C(=O)O)CC4)CC3)c2)c1. The largest absolute Gasteiger partial charge is 0.465 e. The lowest BCUT2D eigenvalue weighted by molar-refractivity contribution is 0.0684. The van der Waals surface area contributed by atoms with Crippen LogP contribution in [0.3, 0.4) is 0 Å². The molecule has 2 fully saturated rings. The summed E-state index contributed by atoms with van der Waals surface area (Å²) in [5.74, 6) is 1.40. The zero-order valence-corrected chi connectivity index (χ0v) is 19.7. The fourth-order valence-corrected chi connectivity index (χ4v) is 5.34. The van der Waals surface area contributed by atoms with Crippen LogP contribution in [-0.2, 0) is 0 Å². The number of benzene rings is 2. The number of nitrogens with zero attached hydrogens (tertiary/aromatic N) is 2. The molecule has 0 unspecified atom stereocenters. The topological polar surface area (TPSA) is 77.9 Å². The van der Waals surface area contributed by atoms with Gasteiger partial charge in [0.05, 0.1) is 0 Å². The molecule has 0 spiro atoms. The number of piperidine rings is 2. The second-order valence-corrected chi connectivity index (χ2v) is 9.70. The first kappa shape index (κ1) is 24.0. The van der Waals surface area contributed by atoms with Gasteiger partial charge in [0.1, 0.15) is 6.29 Å². The van der Waals surface area contributed by atoms with E-state index in [9.17, 15) is 14.4 Å². The van der Waals surface area contributed by atoms with Crippen molar-refractivity contribution in [2.24, 2.45) is 11.8 Å². The maximum atomic E-state index is 13.1. The summed E-state index contributed by atoms with van der Waals surface area (Å²) in [6, 6.07) is 15.1. The van der Waals surface area contributed by atoms with E-state index < -0.39 is 6.09 Å². The van der Waals surface area contributed by atoms with Gasteiger partial charge < -0.3 is 14.9 Å². The minimum absolute atomic E-state index is 0.0806. The van der Waals surface area contributed by atoms with E-state index in [1.165, 1.54) is 24.2 Å². The molecule has 6 nitrogen and oxygen atoms in total. The molecule has 2 saturated heterocycles. The Kier molecular flexibility index (Phi) is 7.99. The first-order valence-corrected chi connectivity index (χ1v) is 12.5. The van der Waals surface area contributed by atoms with Crippen molar-refractivity contribution in [3.05, 3.63) is 59.7 Å². The van der Waals surface area contributed by atoms with Gasteiger partial charge in [-0.3, -0.25) is 9.59 Å². The normalized spacial score (nSPS) is 17.5. The van der Waals surface area contributed by atoms with Crippen LogP contribution >= 0.6 is 0 Å². The molecule has 2 aliphatic rings. The maximum Gasteiger partial charge on any atom is 0.407 e. The monoisotopic (exact) mass is 462 g/mol. The lowest BCUT2D eigenvalue weighted by Crippen LogP contribution is -2.38. The van der Waals surface area contributed by atoms with E-state index in [-0.39, 0.29) is 5.91 Å². The minimum Gasteiger partial charge on any atom is -0.465 e. The van der Waals surface area contributed by atoms with Crippen LogP contribution in [0.5, 0.6) is 0 Å². The third-order valence-electron chi connectivity index (χ3n) is 7.48. The van der Waals surface area contributed by atoms with E-state index in [4.69, 9.17) is 5.11 Å². The predicted octanol–water partition coefficient (Wildman–Crippen LogP) is 5.58. The van der Waals surface area contributed by atoms with Gasteiger partial charge in [0.15, 0.2) is 0 Å². The summed E-state index contributed by atoms with van der Waals surface area (Å²) in [6.07, 6.45) is 7.68. The number of carbonyl (C=O) groups is 3. The van der Waals surface area contributed by atoms with E-state index in [1.54, 1.807) is 6.07 Å². The molecule has 2 aromatic rings. The summed E-state index contributed by atoms with van der Waals surface area (Å²) in [4.78, 5) is 38.8. The molecule has 0 saturated carbocycles. The van der Waals surface area contributed by atoms with Crippen molar-refractivity contribution < 1.29 is 19.5 Å². The zero-order chi connectivity index (χ0) is 23.9. The van der Waals surface area contributed by atoms with Crippen LogP contribution in [0, 0.1) is 11.8 Å². The summed E-state index contributed by atoms with van der Waals surface area (Å²) in [7, 11) is 0. The molecular formula is C28H34N2O4. The van der Waals surface area contributed by atoms with Gasteiger partial charge in [-0.1, -0.05) is 49.6 Å². The van der Waals surface area contributed by atoms with Crippen molar-refractivity contribution in [3.8, 4) is 11.1 Å². The highest BCUT2D eigenvalue weighted by Crippen LogP contribution is 2.28. The Balaban J connectivity index is 1.23. The van der Waals surface area contributed by atoms with E-state index in [2.05, 4.69) is 0 Å². The average molecular weight is 463 g/mol. The third-order valence-corrected chi connectivity index (χ3v) is 7.48. The predicted molar refractivity (Wildman–Crippen MR) is 132 cm³/mol. The van der Waals surface area contributed by atoms with Gasteiger partial charge in [-0.15, -0.1) is 0 Å². The highest BCUT2D eigenvalue weighted by molar-refractivity contribution is 5.95. The highest BCUT2D eigenvalue weighted by atomic mass is 16.4. The van der Waals surface area contributed by atoms with Gasteiger partial charge in [-0.25, -0.2) is 4.79 Å².